The Morgan fingerprint density at radius 2 is 2.12 bits per heavy atom. The van der Waals surface area contributed by atoms with Crippen LogP contribution in [0.25, 0.3) is 10.9 Å². The largest absolute Gasteiger partial charge is 0.480 e. The lowest BCUT2D eigenvalue weighted by Crippen LogP contribution is -2.42. The minimum atomic E-state index is -1.18. The predicted molar refractivity (Wildman–Crippen MR) is 88.7 cm³/mol. The Morgan fingerprint density at radius 3 is 2.88 bits per heavy atom. The fourth-order valence-corrected chi connectivity index (χ4v) is 3.53. The lowest BCUT2D eigenvalue weighted by Gasteiger charge is -2.34. The van der Waals surface area contributed by atoms with E-state index in [1.807, 2.05) is 18.2 Å². The van der Waals surface area contributed by atoms with E-state index in [9.17, 15) is 9.90 Å². The monoisotopic (exact) mass is 348 g/mol. The van der Waals surface area contributed by atoms with Gasteiger partial charge in [0.1, 0.15) is 5.57 Å². The van der Waals surface area contributed by atoms with Crippen LogP contribution in [0.2, 0.25) is 5.02 Å². The molecule has 6 nitrogen and oxygen atoms in total. The molecule has 0 spiro atoms. The zero-order valence-corrected chi connectivity index (χ0v) is 14.0. The van der Waals surface area contributed by atoms with Gasteiger partial charge in [0.2, 0.25) is 0 Å². The maximum absolute atomic E-state index is 12.4. The smallest absolute Gasteiger partial charge is 0.346 e. The van der Waals surface area contributed by atoms with Crippen molar-refractivity contribution in [1.29, 1.82) is 0 Å². The molecule has 1 atom stereocenters. The van der Waals surface area contributed by atoms with Crippen molar-refractivity contribution < 1.29 is 19.4 Å². The summed E-state index contributed by atoms with van der Waals surface area (Å²) >= 11 is 6.11. The van der Waals surface area contributed by atoms with Crippen LogP contribution in [0.15, 0.2) is 29.7 Å². The molecular formula is C17H17ClN2O4. The van der Waals surface area contributed by atoms with E-state index in [4.69, 9.17) is 21.1 Å². The van der Waals surface area contributed by atoms with E-state index in [0.717, 1.165) is 28.6 Å². The number of aliphatic hydroxyl groups is 1. The number of halogens is 1. The predicted octanol–water partition coefficient (Wildman–Crippen LogP) is 3.09. The van der Waals surface area contributed by atoms with Gasteiger partial charge in [-0.2, -0.15) is 0 Å². The van der Waals surface area contributed by atoms with Crippen LogP contribution in [0, 0.1) is 0 Å². The van der Waals surface area contributed by atoms with Crippen molar-refractivity contribution >= 4 is 28.5 Å². The molecule has 7 heteroatoms. The van der Waals surface area contributed by atoms with Gasteiger partial charge in [-0.25, -0.2) is 4.79 Å². The third-order valence-electron chi connectivity index (χ3n) is 4.33. The maximum Gasteiger partial charge on any atom is 0.346 e. The molecule has 2 aliphatic heterocycles. The minimum absolute atomic E-state index is 0.0768. The normalized spacial score (nSPS) is 23.0. The number of ether oxygens (including phenoxy) is 2. The van der Waals surface area contributed by atoms with Crippen LogP contribution in [0.5, 0.6) is 0 Å². The van der Waals surface area contributed by atoms with Crippen LogP contribution in [0.3, 0.4) is 0 Å². The van der Waals surface area contributed by atoms with E-state index in [0.29, 0.717) is 11.6 Å². The molecule has 0 aliphatic carbocycles. The van der Waals surface area contributed by atoms with Crippen LogP contribution in [0.1, 0.15) is 31.1 Å². The quantitative estimate of drug-likeness (QED) is 0.690. The van der Waals surface area contributed by atoms with Crippen LogP contribution in [-0.4, -0.2) is 28.4 Å². The Balaban J connectivity index is 1.85. The van der Waals surface area contributed by atoms with E-state index in [1.165, 1.54) is 0 Å². The second-order valence-corrected chi connectivity index (χ2v) is 6.89. The van der Waals surface area contributed by atoms with E-state index in [1.54, 1.807) is 13.8 Å². The molecule has 126 valence electrons. The van der Waals surface area contributed by atoms with Gasteiger partial charge >= 0.3 is 5.97 Å². The molecule has 0 bridgehead atoms. The number of benzene rings is 1. The van der Waals surface area contributed by atoms with E-state index < -0.39 is 23.7 Å². The van der Waals surface area contributed by atoms with Crippen molar-refractivity contribution in [3.05, 3.63) is 46.0 Å². The summed E-state index contributed by atoms with van der Waals surface area (Å²) in [5.74, 6) is -2.18. The van der Waals surface area contributed by atoms with Gasteiger partial charge in [-0.1, -0.05) is 11.6 Å². The molecule has 0 radical (unpaired) electrons. The van der Waals surface area contributed by atoms with Gasteiger partial charge in [-0.05, 0) is 30.2 Å². The first-order chi connectivity index (χ1) is 11.4. The fourth-order valence-electron chi connectivity index (χ4n) is 3.36. The summed E-state index contributed by atoms with van der Waals surface area (Å²) in [6.07, 6.45) is 0.793. The fraction of sp³-hybridized carbons (Fsp3) is 0.353. The number of nitrogens with one attached hydrogen (secondary N) is 2. The molecule has 4 rings (SSSR count). The van der Waals surface area contributed by atoms with Gasteiger partial charge in [0.05, 0.1) is 6.04 Å². The van der Waals surface area contributed by atoms with Crippen LogP contribution < -0.4 is 5.32 Å². The number of hydrogen-bond donors (Lipinski definition) is 3. The van der Waals surface area contributed by atoms with Gasteiger partial charge in [0.15, 0.2) is 0 Å². The topological polar surface area (TPSA) is 83.6 Å². The molecule has 2 aliphatic rings. The summed E-state index contributed by atoms with van der Waals surface area (Å²) in [5, 5.41) is 15.2. The number of H-pyrrole nitrogens is 1. The molecule has 3 N–H and O–H groups in total. The number of aromatic amines is 1. The summed E-state index contributed by atoms with van der Waals surface area (Å²) < 4.78 is 10.6. The van der Waals surface area contributed by atoms with E-state index in [-0.39, 0.29) is 5.57 Å². The molecule has 3 heterocycles. The lowest BCUT2D eigenvalue weighted by molar-refractivity contribution is -0.222. The van der Waals surface area contributed by atoms with Gasteiger partial charge in [-0.15, -0.1) is 0 Å². The van der Waals surface area contributed by atoms with Gasteiger partial charge in [0.25, 0.3) is 11.7 Å². The number of aromatic nitrogens is 1. The summed E-state index contributed by atoms with van der Waals surface area (Å²) in [6, 6.07) is 5.09. The average Bonchev–Trinajstić information content (AvgIpc) is 2.84. The highest BCUT2D eigenvalue weighted by Crippen LogP contribution is 2.38. The van der Waals surface area contributed by atoms with Gasteiger partial charge < -0.3 is 24.9 Å². The third kappa shape index (κ3) is 2.34. The Bertz CT molecular complexity index is 884. The maximum atomic E-state index is 12.4. The molecule has 1 aromatic carbocycles. The van der Waals surface area contributed by atoms with Crippen LogP contribution in [-0.2, 0) is 20.7 Å². The first kappa shape index (κ1) is 15.4. The number of carbonyl (C=O) groups is 1. The Labute approximate surface area is 143 Å². The molecule has 0 saturated carbocycles. The molecule has 0 amide bonds. The number of esters is 1. The van der Waals surface area contributed by atoms with Crippen molar-refractivity contribution in [3.8, 4) is 0 Å². The SMILES string of the molecule is CC1(C)OC(=O)C([C@H]2NCCc3c2[nH]c2ccc(Cl)cc32)=C(O)O1. The molecule has 24 heavy (non-hydrogen) atoms. The van der Waals surface area contributed by atoms with Crippen LogP contribution >= 0.6 is 11.6 Å². The van der Waals surface area contributed by atoms with Gasteiger partial charge in [0, 0.05) is 42.0 Å². The second kappa shape index (κ2) is 5.16. The van der Waals surface area contributed by atoms with Crippen molar-refractivity contribution in [2.75, 3.05) is 6.54 Å². The number of aliphatic hydroxyl groups excluding tert-OH is 1. The van der Waals surface area contributed by atoms with E-state index in [2.05, 4.69) is 10.3 Å². The number of carbonyl (C=O) groups excluding carboxylic acids is 1. The van der Waals surface area contributed by atoms with Gasteiger partial charge in [-0.3, -0.25) is 0 Å². The average molecular weight is 349 g/mol. The van der Waals surface area contributed by atoms with Crippen molar-refractivity contribution in [1.82, 2.24) is 10.3 Å². The molecule has 0 saturated heterocycles. The zero-order valence-electron chi connectivity index (χ0n) is 13.3. The Kier molecular flexibility index (Phi) is 3.30. The lowest BCUT2D eigenvalue weighted by atomic mass is 9.94. The summed E-state index contributed by atoms with van der Waals surface area (Å²) in [5.41, 5.74) is 2.91. The second-order valence-electron chi connectivity index (χ2n) is 6.45. The van der Waals surface area contributed by atoms with E-state index >= 15 is 0 Å². The van der Waals surface area contributed by atoms with Crippen LogP contribution in [0.4, 0.5) is 0 Å². The molecular weight excluding hydrogens is 332 g/mol. The summed E-state index contributed by atoms with van der Waals surface area (Å²) in [4.78, 5) is 15.7. The summed E-state index contributed by atoms with van der Waals surface area (Å²) in [7, 11) is 0. The molecule has 0 unspecified atom stereocenters. The number of hydrogen-bond acceptors (Lipinski definition) is 5. The van der Waals surface area contributed by atoms with Crippen molar-refractivity contribution in [2.45, 2.75) is 32.1 Å². The standard InChI is InChI=1S/C17H17ClN2O4/c1-17(2)23-15(21)12(16(22)24-17)14-13-9(5-6-19-14)10-7-8(18)3-4-11(10)20-13/h3-4,7,14,19-21H,5-6H2,1-2H3/t14-/m1/s1. The van der Waals surface area contributed by atoms with Crippen molar-refractivity contribution in [3.63, 3.8) is 0 Å². The highest BCUT2D eigenvalue weighted by atomic mass is 35.5. The Hall–Kier alpha value is -2.18. The molecule has 1 aromatic heterocycles. The summed E-state index contributed by atoms with van der Waals surface area (Å²) in [6.45, 7) is 3.80. The first-order valence-corrected chi connectivity index (χ1v) is 8.12. The highest BCUT2D eigenvalue weighted by molar-refractivity contribution is 6.31. The number of cyclic esters (lactones) is 1. The zero-order chi connectivity index (χ0) is 17.1. The minimum Gasteiger partial charge on any atom is -0.480 e. The third-order valence-corrected chi connectivity index (χ3v) is 4.57. The first-order valence-electron chi connectivity index (χ1n) is 7.74. The van der Waals surface area contributed by atoms with Crippen molar-refractivity contribution in [2.24, 2.45) is 0 Å². The molecule has 0 fully saturated rings. The Morgan fingerprint density at radius 1 is 1.33 bits per heavy atom. The number of rotatable bonds is 1. The molecule has 2 aromatic rings. The number of fused-ring (bicyclic) bond motifs is 3. The highest BCUT2D eigenvalue weighted by Gasteiger charge is 2.42.